The summed E-state index contributed by atoms with van der Waals surface area (Å²) in [5, 5.41) is 8.80. The van der Waals surface area contributed by atoms with E-state index in [1.54, 1.807) is 17.6 Å². The number of nitrogens with one attached hydrogen (secondary N) is 1. The van der Waals surface area contributed by atoms with Crippen LogP contribution in [0.1, 0.15) is 28.4 Å². The number of hydrogen-bond donors (Lipinski definition) is 2. The van der Waals surface area contributed by atoms with Gasteiger partial charge in [0, 0.05) is 17.7 Å². The second-order valence-electron chi connectivity index (χ2n) is 6.70. The van der Waals surface area contributed by atoms with E-state index < -0.39 is 5.91 Å². The van der Waals surface area contributed by atoms with Gasteiger partial charge in [0.05, 0.1) is 11.0 Å². The van der Waals surface area contributed by atoms with Crippen molar-refractivity contribution in [3.05, 3.63) is 89.5 Å². The molecule has 0 saturated carbocycles. The zero-order valence-corrected chi connectivity index (χ0v) is 15.6. The first-order valence-electron chi connectivity index (χ1n) is 9.27. The molecule has 0 radical (unpaired) electrons. The van der Waals surface area contributed by atoms with Crippen molar-refractivity contribution in [3.63, 3.8) is 0 Å². The highest BCUT2D eigenvalue weighted by molar-refractivity contribution is 5.93. The lowest BCUT2D eigenvalue weighted by Crippen LogP contribution is -2.18. The summed E-state index contributed by atoms with van der Waals surface area (Å²) < 4.78 is 2.19. The second-order valence-corrected chi connectivity index (χ2v) is 6.70. The summed E-state index contributed by atoms with van der Waals surface area (Å²) in [6.45, 7) is 2.86. The van der Waals surface area contributed by atoms with Gasteiger partial charge in [-0.3, -0.25) is 10.0 Å². The number of carbonyl (C=O) groups is 1. The molecular weight excluding hydrogens is 350 g/mol. The molecule has 0 spiro atoms. The molecule has 2 N–H and O–H groups in total. The maximum Gasteiger partial charge on any atom is 0.274 e. The lowest BCUT2D eigenvalue weighted by Gasteiger charge is -2.11. The monoisotopic (exact) mass is 371 g/mol. The van der Waals surface area contributed by atoms with E-state index >= 15 is 0 Å². The number of hydrogen-bond acceptors (Lipinski definition) is 3. The summed E-state index contributed by atoms with van der Waals surface area (Å²) in [6.07, 6.45) is 1.02. The Morgan fingerprint density at radius 1 is 0.964 bits per heavy atom. The number of hydroxylamine groups is 1. The van der Waals surface area contributed by atoms with Crippen LogP contribution in [0.5, 0.6) is 0 Å². The van der Waals surface area contributed by atoms with E-state index in [9.17, 15) is 4.79 Å². The highest BCUT2D eigenvalue weighted by atomic mass is 16.5. The van der Waals surface area contributed by atoms with E-state index in [4.69, 9.17) is 10.2 Å². The van der Waals surface area contributed by atoms with Crippen LogP contribution in [-0.2, 0) is 13.0 Å². The number of amides is 1. The number of fused-ring (bicyclic) bond motifs is 1. The summed E-state index contributed by atoms with van der Waals surface area (Å²) in [6, 6.07) is 23.8. The van der Waals surface area contributed by atoms with E-state index in [1.807, 2.05) is 30.3 Å². The predicted molar refractivity (Wildman–Crippen MR) is 109 cm³/mol. The Kier molecular flexibility index (Phi) is 4.91. The number of aryl methyl sites for hydroxylation is 1. The quantitative estimate of drug-likeness (QED) is 0.403. The fourth-order valence-electron chi connectivity index (χ4n) is 3.35. The molecule has 1 aromatic heterocycles. The minimum Gasteiger partial charge on any atom is -0.319 e. The van der Waals surface area contributed by atoms with Crippen molar-refractivity contribution in [2.45, 2.75) is 19.9 Å². The molecule has 0 aliphatic heterocycles. The lowest BCUT2D eigenvalue weighted by atomic mass is 10.1. The first-order chi connectivity index (χ1) is 13.7. The van der Waals surface area contributed by atoms with Crippen LogP contribution >= 0.6 is 0 Å². The van der Waals surface area contributed by atoms with Gasteiger partial charge in [0.25, 0.3) is 5.91 Å². The number of nitrogens with zero attached hydrogens (tertiary/aromatic N) is 2. The number of para-hydroxylation sites is 2. The third-order valence-electron chi connectivity index (χ3n) is 4.93. The van der Waals surface area contributed by atoms with E-state index in [1.165, 1.54) is 11.1 Å². The van der Waals surface area contributed by atoms with Gasteiger partial charge >= 0.3 is 0 Å². The Bertz CT molecular complexity index is 1110. The molecule has 0 saturated heterocycles. The van der Waals surface area contributed by atoms with Crippen LogP contribution in [0, 0.1) is 0 Å². The average Bonchev–Trinajstić information content (AvgIpc) is 3.12. The maximum atomic E-state index is 11.6. The minimum atomic E-state index is -0.531. The van der Waals surface area contributed by atoms with Gasteiger partial charge in [-0.1, -0.05) is 55.5 Å². The van der Waals surface area contributed by atoms with Crippen molar-refractivity contribution in [1.29, 1.82) is 0 Å². The zero-order valence-electron chi connectivity index (χ0n) is 15.6. The summed E-state index contributed by atoms with van der Waals surface area (Å²) in [5.41, 5.74) is 7.48. The highest BCUT2D eigenvalue weighted by Gasteiger charge is 2.14. The van der Waals surface area contributed by atoms with Crippen LogP contribution in [0.15, 0.2) is 72.8 Å². The van der Waals surface area contributed by atoms with E-state index in [0.29, 0.717) is 12.1 Å². The van der Waals surface area contributed by atoms with E-state index in [2.05, 4.69) is 41.8 Å². The Morgan fingerprint density at radius 2 is 1.64 bits per heavy atom. The van der Waals surface area contributed by atoms with Gasteiger partial charge in [-0.05, 0) is 41.8 Å². The SMILES string of the molecule is CCc1ccc(Cn2c(-c3ccc(C(=O)NO)cc3)nc3ccccc32)cc1. The molecule has 0 atom stereocenters. The van der Waals surface area contributed by atoms with Gasteiger partial charge in [-0.25, -0.2) is 10.5 Å². The number of aromatic nitrogens is 2. The van der Waals surface area contributed by atoms with Crippen LogP contribution < -0.4 is 5.48 Å². The molecule has 3 aromatic carbocycles. The fraction of sp³-hybridized carbons (Fsp3) is 0.130. The van der Waals surface area contributed by atoms with Gasteiger partial charge in [0.1, 0.15) is 5.82 Å². The van der Waals surface area contributed by atoms with Crippen molar-refractivity contribution < 1.29 is 10.0 Å². The molecule has 4 rings (SSSR count). The van der Waals surface area contributed by atoms with Gasteiger partial charge in [-0.15, -0.1) is 0 Å². The summed E-state index contributed by atoms with van der Waals surface area (Å²) in [5.74, 6) is 0.313. The van der Waals surface area contributed by atoms with Gasteiger partial charge in [0.15, 0.2) is 0 Å². The Balaban J connectivity index is 1.77. The van der Waals surface area contributed by atoms with Gasteiger partial charge in [0.2, 0.25) is 0 Å². The van der Waals surface area contributed by atoms with Crippen LogP contribution in [0.2, 0.25) is 0 Å². The molecule has 0 aliphatic carbocycles. The van der Waals surface area contributed by atoms with Crippen molar-refractivity contribution in [3.8, 4) is 11.4 Å². The normalized spacial score (nSPS) is 10.9. The average molecular weight is 371 g/mol. The first kappa shape index (κ1) is 17.9. The van der Waals surface area contributed by atoms with Crippen molar-refractivity contribution in [2.75, 3.05) is 0 Å². The molecule has 0 bridgehead atoms. The molecule has 0 aliphatic rings. The van der Waals surface area contributed by atoms with Crippen LogP contribution in [0.4, 0.5) is 0 Å². The Morgan fingerprint density at radius 3 is 2.32 bits per heavy atom. The molecule has 5 nitrogen and oxygen atoms in total. The maximum absolute atomic E-state index is 11.6. The van der Waals surface area contributed by atoms with Crippen molar-refractivity contribution in [1.82, 2.24) is 15.0 Å². The van der Waals surface area contributed by atoms with Crippen LogP contribution in [-0.4, -0.2) is 20.7 Å². The number of carbonyl (C=O) groups excluding carboxylic acids is 1. The highest BCUT2D eigenvalue weighted by Crippen LogP contribution is 2.26. The summed E-state index contributed by atoms with van der Waals surface area (Å²) in [4.78, 5) is 16.4. The molecule has 0 fully saturated rings. The molecular formula is C23H21N3O2. The molecule has 1 heterocycles. The summed E-state index contributed by atoms with van der Waals surface area (Å²) in [7, 11) is 0. The molecule has 5 heteroatoms. The molecule has 140 valence electrons. The van der Waals surface area contributed by atoms with Crippen molar-refractivity contribution >= 4 is 16.9 Å². The zero-order chi connectivity index (χ0) is 19.5. The standard InChI is InChI=1S/C23H21N3O2/c1-2-16-7-9-17(10-8-16)15-26-21-6-4-3-5-20(21)24-22(26)18-11-13-19(14-12-18)23(27)25-28/h3-14,28H,2,15H2,1H3,(H,25,27). The second kappa shape index (κ2) is 7.66. The number of benzene rings is 3. The number of rotatable bonds is 5. The molecule has 4 aromatic rings. The van der Waals surface area contributed by atoms with Gasteiger partial charge < -0.3 is 4.57 Å². The summed E-state index contributed by atoms with van der Waals surface area (Å²) >= 11 is 0. The number of imidazole rings is 1. The van der Waals surface area contributed by atoms with Gasteiger partial charge in [-0.2, -0.15) is 0 Å². The largest absolute Gasteiger partial charge is 0.319 e. The van der Waals surface area contributed by atoms with Crippen molar-refractivity contribution in [2.24, 2.45) is 0 Å². The molecule has 28 heavy (non-hydrogen) atoms. The first-order valence-corrected chi connectivity index (χ1v) is 9.27. The Labute approximate surface area is 163 Å². The van der Waals surface area contributed by atoms with Crippen LogP contribution in [0.25, 0.3) is 22.4 Å². The predicted octanol–water partition coefficient (Wildman–Crippen LogP) is 4.43. The fourth-order valence-corrected chi connectivity index (χ4v) is 3.35. The molecule has 1 amide bonds. The Hall–Kier alpha value is -3.44. The lowest BCUT2D eigenvalue weighted by molar-refractivity contribution is 0.0706. The minimum absolute atomic E-state index is 0.393. The third-order valence-corrected chi connectivity index (χ3v) is 4.93. The third kappa shape index (κ3) is 3.40. The van der Waals surface area contributed by atoms with E-state index in [0.717, 1.165) is 28.8 Å². The van der Waals surface area contributed by atoms with E-state index in [-0.39, 0.29) is 0 Å². The molecule has 0 unspecified atom stereocenters. The van der Waals surface area contributed by atoms with Crippen LogP contribution in [0.3, 0.4) is 0 Å². The topological polar surface area (TPSA) is 67.2 Å². The smallest absolute Gasteiger partial charge is 0.274 e.